The summed E-state index contributed by atoms with van der Waals surface area (Å²) in [7, 11) is 0. The van der Waals surface area contributed by atoms with Crippen LogP contribution >= 0.6 is 0 Å². The number of aryl methyl sites for hydroxylation is 1. The lowest BCUT2D eigenvalue weighted by Crippen LogP contribution is -2.42. The van der Waals surface area contributed by atoms with Crippen LogP contribution in [0.25, 0.3) is 22.6 Å². The molecule has 0 aliphatic carbocycles. The van der Waals surface area contributed by atoms with Crippen LogP contribution in [-0.4, -0.2) is 83.1 Å². The molecule has 0 bridgehead atoms. The Kier molecular flexibility index (Phi) is 6.43. The van der Waals surface area contributed by atoms with Gasteiger partial charge in [0.05, 0.1) is 30.8 Å². The van der Waals surface area contributed by atoms with Gasteiger partial charge in [0, 0.05) is 12.2 Å². The molecule has 2 heterocycles. The summed E-state index contributed by atoms with van der Waals surface area (Å²) >= 11 is 0. The first-order valence-corrected chi connectivity index (χ1v) is 9.21. The highest BCUT2D eigenvalue weighted by molar-refractivity contribution is 5.84. The molecule has 0 spiro atoms. The van der Waals surface area contributed by atoms with E-state index in [4.69, 9.17) is 10.2 Å². The molecule has 0 aromatic heterocycles. The molecule has 0 fully saturated rings. The van der Waals surface area contributed by atoms with Crippen LogP contribution in [0.4, 0.5) is 5.69 Å². The average molecular weight is 421 g/mol. The Hall–Kier alpha value is -2.90. The highest BCUT2D eigenvalue weighted by Gasteiger charge is 2.27. The molecule has 3 rings (SSSR count). The van der Waals surface area contributed by atoms with Crippen molar-refractivity contribution >= 4 is 16.7 Å². The second-order valence-corrected chi connectivity index (χ2v) is 6.88. The summed E-state index contributed by atoms with van der Waals surface area (Å²) in [5, 5.41) is 51.2. The Morgan fingerprint density at radius 2 is 1.87 bits per heavy atom. The molecule has 1 aromatic rings. The number of nitrogens with one attached hydrogen (secondary N) is 2. The first-order valence-electron chi connectivity index (χ1n) is 9.21. The number of aromatic nitrogens is 4. The molecule has 3 atom stereocenters. The maximum absolute atomic E-state index is 12.3. The number of benzene rings is 1. The van der Waals surface area contributed by atoms with E-state index in [1.807, 2.05) is 4.98 Å². The molecule has 162 valence electrons. The number of aromatic amines is 1. The summed E-state index contributed by atoms with van der Waals surface area (Å²) in [5.41, 5.74) is 0.368. The number of aliphatic hydroxyl groups is 5. The third-order valence-electron chi connectivity index (χ3n) is 4.73. The van der Waals surface area contributed by atoms with E-state index in [0.29, 0.717) is 16.7 Å². The molecule has 12 heteroatoms. The summed E-state index contributed by atoms with van der Waals surface area (Å²) in [6.45, 7) is 0.854. The van der Waals surface area contributed by atoms with Gasteiger partial charge in [0.1, 0.15) is 18.3 Å². The molecule has 0 amide bonds. The number of anilines is 1. The van der Waals surface area contributed by atoms with Crippen LogP contribution < -0.4 is 16.6 Å². The van der Waals surface area contributed by atoms with Crippen molar-refractivity contribution in [2.75, 3.05) is 25.1 Å². The van der Waals surface area contributed by atoms with Crippen LogP contribution in [0.5, 0.6) is 0 Å². The van der Waals surface area contributed by atoms with E-state index >= 15 is 0 Å². The van der Waals surface area contributed by atoms with Gasteiger partial charge in [-0.05, 0) is 24.6 Å². The van der Waals surface area contributed by atoms with Gasteiger partial charge in [-0.2, -0.15) is 4.98 Å². The van der Waals surface area contributed by atoms with Gasteiger partial charge < -0.3 is 35.4 Å². The molecule has 12 nitrogen and oxygen atoms in total. The molecule has 0 saturated carbocycles. The van der Waals surface area contributed by atoms with Crippen molar-refractivity contribution in [1.82, 2.24) is 19.5 Å². The zero-order valence-electron chi connectivity index (χ0n) is 16.1. The van der Waals surface area contributed by atoms with Crippen molar-refractivity contribution in [2.45, 2.75) is 31.8 Å². The van der Waals surface area contributed by atoms with Crippen molar-refractivity contribution in [2.24, 2.45) is 0 Å². The SMILES string of the molecule is Cc1cc2nc3c(=O)[nH]c(=O)nc-3n(CC(O)C(O)C(O)CO)c2cc1NCCO. The molecule has 3 unspecified atom stereocenters. The minimum Gasteiger partial charge on any atom is -0.395 e. The van der Waals surface area contributed by atoms with Gasteiger partial charge in [-0.15, -0.1) is 0 Å². The van der Waals surface area contributed by atoms with Crippen LogP contribution in [0.1, 0.15) is 5.56 Å². The Bertz CT molecular complexity index is 1130. The first-order chi connectivity index (χ1) is 14.3. The lowest BCUT2D eigenvalue weighted by molar-refractivity contribution is -0.0802. The van der Waals surface area contributed by atoms with E-state index in [0.717, 1.165) is 5.56 Å². The van der Waals surface area contributed by atoms with E-state index in [9.17, 15) is 24.9 Å². The minimum atomic E-state index is -1.69. The quantitative estimate of drug-likeness (QED) is 0.189. The Labute approximate surface area is 169 Å². The predicted molar refractivity (Wildman–Crippen MR) is 106 cm³/mol. The molecule has 0 saturated heterocycles. The van der Waals surface area contributed by atoms with Gasteiger partial charge in [0.15, 0.2) is 11.5 Å². The van der Waals surface area contributed by atoms with Crippen molar-refractivity contribution in [1.29, 1.82) is 0 Å². The van der Waals surface area contributed by atoms with E-state index in [-0.39, 0.29) is 31.2 Å². The number of hydrogen-bond donors (Lipinski definition) is 7. The Morgan fingerprint density at radius 3 is 2.53 bits per heavy atom. The largest absolute Gasteiger partial charge is 0.395 e. The van der Waals surface area contributed by atoms with E-state index in [1.54, 1.807) is 19.1 Å². The van der Waals surface area contributed by atoms with E-state index in [1.165, 1.54) is 4.57 Å². The molecule has 0 radical (unpaired) electrons. The third-order valence-corrected chi connectivity index (χ3v) is 4.73. The zero-order valence-corrected chi connectivity index (χ0v) is 16.1. The summed E-state index contributed by atoms with van der Waals surface area (Å²) < 4.78 is 1.34. The molecule has 2 aliphatic rings. The normalized spacial score (nSPS) is 14.7. The molecular formula is C18H23N5O7. The topological polar surface area (TPSA) is 194 Å². The number of nitrogens with zero attached hydrogens (tertiary/aromatic N) is 3. The van der Waals surface area contributed by atoms with Crippen LogP contribution in [-0.2, 0) is 6.54 Å². The lowest BCUT2D eigenvalue weighted by Gasteiger charge is -2.25. The number of fused-ring (bicyclic) bond motifs is 2. The van der Waals surface area contributed by atoms with Gasteiger partial charge >= 0.3 is 5.69 Å². The first kappa shape index (κ1) is 21.8. The van der Waals surface area contributed by atoms with Crippen LogP contribution in [0.15, 0.2) is 21.7 Å². The minimum absolute atomic E-state index is 0.103. The number of rotatable bonds is 8. The van der Waals surface area contributed by atoms with Crippen molar-refractivity contribution in [3.63, 3.8) is 0 Å². The average Bonchev–Trinajstić information content (AvgIpc) is 2.71. The smallest absolute Gasteiger partial charge is 0.349 e. The summed E-state index contributed by atoms with van der Waals surface area (Å²) in [6.07, 6.45) is -4.83. The standard InChI is InChI=1S/C18H23N5O7/c1-8-4-10-11(5-9(8)19-2-3-24)23(6-12(26)15(28)13(27)7-25)16-14(20-10)17(29)22-18(30)21-16/h4-5,12-13,15,19,24-28H,2-3,6-7H2,1H3,(H,22,29,30). The fourth-order valence-electron chi connectivity index (χ4n) is 3.17. The van der Waals surface area contributed by atoms with Crippen molar-refractivity contribution in [3.05, 3.63) is 38.5 Å². The van der Waals surface area contributed by atoms with Gasteiger partial charge in [-0.1, -0.05) is 0 Å². The lowest BCUT2D eigenvalue weighted by atomic mass is 10.1. The fraction of sp³-hybridized carbons (Fsp3) is 0.444. The third kappa shape index (κ3) is 4.17. The fourth-order valence-corrected chi connectivity index (χ4v) is 3.17. The molecule has 1 aromatic carbocycles. The highest BCUT2D eigenvalue weighted by atomic mass is 16.4. The molecule has 30 heavy (non-hydrogen) atoms. The van der Waals surface area contributed by atoms with Gasteiger partial charge in [0.25, 0.3) is 5.56 Å². The summed E-state index contributed by atoms with van der Waals surface area (Å²) in [4.78, 5) is 34.2. The maximum Gasteiger partial charge on any atom is 0.349 e. The van der Waals surface area contributed by atoms with Crippen LogP contribution in [0.2, 0.25) is 0 Å². The van der Waals surface area contributed by atoms with E-state index in [2.05, 4.69) is 15.3 Å². The summed E-state index contributed by atoms with van der Waals surface area (Å²) in [5.74, 6) is -0.113. The number of aliphatic hydroxyl groups excluding tert-OH is 5. The Morgan fingerprint density at radius 1 is 1.13 bits per heavy atom. The number of hydrogen-bond acceptors (Lipinski definition) is 10. The van der Waals surface area contributed by atoms with Crippen molar-refractivity contribution < 1.29 is 25.5 Å². The van der Waals surface area contributed by atoms with Crippen molar-refractivity contribution in [3.8, 4) is 11.5 Å². The molecular weight excluding hydrogens is 398 g/mol. The van der Waals surface area contributed by atoms with Gasteiger partial charge in [-0.25, -0.2) is 9.78 Å². The maximum atomic E-state index is 12.3. The zero-order chi connectivity index (χ0) is 22.0. The Balaban J connectivity index is 2.25. The predicted octanol–water partition coefficient (Wildman–Crippen LogP) is -2.63. The molecule has 2 aliphatic heterocycles. The monoisotopic (exact) mass is 421 g/mol. The molecule has 7 N–H and O–H groups in total. The van der Waals surface area contributed by atoms with Crippen LogP contribution in [0.3, 0.4) is 0 Å². The summed E-state index contributed by atoms with van der Waals surface area (Å²) in [6, 6.07) is 3.34. The van der Waals surface area contributed by atoms with Crippen LogP contribution in [0, 0.1) is 6.92 Å². The number of H-pyrrole nitrogens is 1. The second-order valence-electron chi connectivity index (χ2n) is 6.88. The second kappa shape index (κ2) is 8.85. The highest BCUT2D eigenvalue weighted by Crippen LogP contribution is 2.27. The van der Waals surface area contributed by atoms with Gasteiger partial charge in [0.2, 0.25) is 0 Å². The van der Waals surface area contributed by atoms with E-state index < -0.39 is 36.2 Å². The van der Waals surface area contributed by atoms with Gasteiger partial charge in [-0.3, -0.25) is 9.78 Å².